The van der Waals surface area contributed by atoms with Gasteiger partial charge in [0.15, 0.2) is 0 Å². The normalized spacial score (nSPS) is 19.4. The van der Waals surface area contributed by atoms with E-state index in [1.165, 1.54) is 10.7 Å². The van der Waals surface area contributed by atoms with Gasteiger partial charge in [0.1, 0.15) is 6.04 Å². The minimum atomic E-state index is -0.246. The van der Waals surface area contributed by atoms with Crippen molar-refractivity contribution in [1.82, 2.24) is 24.7 Å². The molecule has 132 valence electrons. The van der Waals surface area contributed by atoms with E-state index in [2.05, 4.69) is 25.4 Å². The highest BCUT2D eigenvalue weighted by molar-refractivity contribution is 5.56. The zero-order valence-electron chi connectivity index (χ0n) is 14.2. The summed E-state index contributed by atoms with van der Waals surface area (Å²) in [5, 5.41) is 7.78. The molecule has 4 rings (SSSR count). The lowest BCUT2D eigenvalue weighted by Crippen LogP contribution is -2.37. The molecule has 0 aromatic carbocycles. The van der Waals surface area contributed by atoms with Gasteiger partial charge in [0.2, 0.25) is 5.95 Å². The molecule has 0 bridgehead atoms. The third kappa shape index (κ3) is 3.31. The average molecular weight is 350 g/mol. The van der Waals surface area contributed by atoms with Crippen molar-refractivity contribution < 1.29 is 4.74 Å². The Kier molecular flexibility index (Phi) is 4.40. The predicted molar refractivity (Wildman–Crippen MR) is 95.8 cm³/mol. The number of hydrogen-bond acceptors (Lipinski definition) is 7. The number of aryl methyl sites for hydroxylation is 1. The molecule has 4 heterocycles. The fourth-order valence-corrected chi connectivity index (χ4v) is 2.89. The average Bonchev–Trinajstić information content (AvgIpc) is 3.13. The first-order chi connectivity index (χ1) is 12.7. The molecule has 2 atom stereocenters. The predicted octanol–water partition coefficient (Wildman–Crippen LogP) is 1.46. The number of pyridine rings is 1. The zero-order valence-corrected chi connectivity index (χ0v) is 14.2. The highest BCUT2D eigenvalue weighted by Crippen LogP contribution is 2.22. The third-order valence-electron chi connectivity index (χ3n) is 4.24. The molecule has 1 aliphatic rings. The van der Waals surface area contributed by atoms with Crippen LogP contribution < -0.4 is 10.9 Å². The highest BCUT2D eigenvalue weighted by Gasteiger charge is 2.32. The van der Waals surface area contributed by atoms with E-state index in [0.717, 1.165) is 11.1 Å². The van der Waals surface area contributed by atoms with Crippen LogP contribution in [0, 0.1) is 6.92 Å². The molecule has 2 unspecified atom stereocenters. The van der Waals surface area contributed by atoms with Crippen LogP contribution in [0.3, 0.4) is 0 Å². The van der Waals surface area contributed by atoms with Crippen molar-refractivity contribution in [3.63, 3.8) is 0 Å². The number of anilines is 1. The minimum Gasteiger partial charge on any atom is -0.377 e. The number of ether oxygens (including phenoxy) is 1. The molecule has 0 spiro atoms. The summed E-state index contributed by atoms with van der Waals surface area (Å²) in [5.74, 6) is 0.507. The Hall–Kier alpha value is -3.13. The lowest BCUT2D eigenvalue weighted by Gasteiger charge is -2.20. The minimum absolute atomic E-state index is 0.146. The molecule has 1 fully saturated rings. The molecular formula is C18H18N6O2. The number of nitrogens with one attached hydrogen (secondary N) is 1. The van der Waals surface area contributed by atoms with Gasteiger partial charge in [-0.15, -0.1) is 0 Å². The van der Waals surface area contributed by atoms with Crippen molar-refractivity contribution in [2.75, 3.05) is 18.5 Å². The summed E-state index contributed by atoms with van der Waals surface area (Å²) in [6, 6.07) is 6.58. The Morgan fingerprint density at radius 1 is 1.15 bits per heavy atom. The molecule has 26 heavy (non-hydrogen) atoms. The summed E-state index contributed by atoms with van der Waals surface area (Å²) in [4.78, 5) is 25.0. The molecule has 0 aliphatic carbocycles. The van der Waals surface area contributed by atoms with Crippen molar-refractivity contribution in [3.05, 3.63) is 65.0 Å². The van der Waals surface area contributed by atoms with Crippen molar-refractivity contribution in [2.45, 2.75) is 19.0 Å². The van der Waals surface area contributed by atoms with E-state index in [9.17, 15) is 4.79 Å². The molecule has 1 saturated heterocycles. The summed E-state index contributed by atoms with van der Waals surface area (Å²) >= 11 is 0. The van der Waals surface area contributed by atoms with Crippen LogP contribution >= 0.6 is 0 Å². The summed E-state index contributed by atoms with van der Waals surface area (Å²) in [5.41, 5.74) is 2.35. The molecule has 0 amide bonds. The first kappa shape index (κ1) is 16.3. The SMILES string of the molecule is Cc1cnc(NC2COCC2n2nc(-c3cccnc3)ccc2=O)nc1. The van der Waals surface area contributed by atoms with E-state index in [4.69, 9.17) is 4.74 Å². The molecule has 0 radical (unpaired) electrons. The van der Waals surface area contributed by atoms with Gasteiger partial charge in [0.25, 0.3) is 5.56 Å². The second-order valence-corrected chi connectivity index (χ2v) is 6.18. The van der Waals surface area contributed by atoms with E-state index in [1.54, 1.807) is 30.9 Å². The van der Waals surface area contributed by atoms with E-state index in [-0.39, 0.29) is 17.6 Å². The fourth-order valence-electron chi connectivity index (χ4n) is 2.89. The Labute approximate surface area is 149 Å². The topological polar surface area (TPSA) is 94.8 Å². The van der Waals surface area contributed by atoms with Gasteiger partial charge in [-0.3, -0.25) is 9.78 Å². The van der Waals surface area contributed by atoms with Gasteiger partial charge in [0, 0.05) is 36.4 Å². The summed E-state index contributed by atoms with van der Waals surface area (Å²) < 4.78 is 7.06. The Balaban J connectivity index is 1.63. The van der Waals surface area contributed by atoms with Crippen molar-refractivity contribution in [2.24, 2.45) is 0 Å². The summed E-state index contributed by atoms with van der Waals surface area (Å²) in [7, 11) is 0. The van der Waals surface area contributed by atoms with Crippen molar-refractivity contribution in [1.29, 1.82) is 0 Å². The maximum absolute atomic E-state index is 12.4. The lowest BCUT2D eigenvalue weighted by molar-refractivity contribution is 0.183. The number of nitrogens with zero attached hydrogens (tertiary/aromatic N) is 5. The van der Waals surface area contributed by atoms with Crippen LogP contribution in [0.1, 0.15) is 11.6 Å². The van der Waals surface area contributed by atoms with Gasteiger partial charge in [0.05, 0.1) is 24.9 Å². The van der Waals surface area contributed by atoms with Crippen molar-refractivity contribution >= 4 is 5.95 Å². The van der Waals surface area contributed by atoms with Crippen LogP contribution in [0.2, 0.25) is 0 Å². The maximum Gasteiger partial charge on any atom is 0.267 e. The largest absolute Gasteiger partial charge is 0.377 e. The molecule has 8 heteroatoms. The second-order valence-electron chi connectivity index (χ2n) is 6.18. The summed E-state index contributed by atoms with van der Waals surface area (Å²) in [6.07, 6.45) is 6.91. The van der Waals surface area contributed by atoms with Crippen LogP contribution in [-0.2, 0) is 4.74 Å². The molecular weight excluding hydrogens is 332 g/mol. The van der Waals surface area contributed by atoms with E-state index in [0.29, 0.717) is 24.9 Å². The van der Waals surface area contributed by atoms with E-state index >= 15 is 0 Å². The maximum atomic E-state index is 12.4. The monoisotopic (exact) mass is 350 g/mol. The number of rotatable bonds is 4. The second kappa shape index (κ2) is 7.01. The van der Waals surface area contributed by atoms with Gasteiger partial charge in [-0.05, 0) is 30.7 Å². The third-order valence-corrected chi connectivity index (χ3v) is 4.24. The number of aromatic nitrogens is 5. The molecule has 1 N–H and O–H groups in total. The zero-order chi connectivity index (χ0) is 17.9. The quantitative estimate of drug-likeness (QED) is 0.761. The van der Waals surface area contributed by atoms with Crippen LogP contribution in [0.25, 0.3) is 11.3 Å². The Morgan fingerprint density at radius 2 is 2.00 bits per heavy atom. The van der Waals surface area contributed by atoms with Gasteiger partial charge in [-0.1, -0.05) is 0 Å². The van der Waals surface area contributed by atoms with Gasteiger partial charge in [-0.25, -0.2) is 14.6 Å². The lowest BCUT2D eigenvalue weighted by atomic mass is 10.1. The van der Waals surface area contributed by atoms with E-state index in [1.807, 2.05) is 19.1 Å². The standard InChI is InChI=1S/C18H18N6O2/c1-12-7-20-18(21-8-12)22-15-10-26-11-16(15)24-17(25)5-4-14(23-24)13-3-2-6-19-9-13/h2-9,15-16H,10-11H2,1H3,(H,20,21,22). The van der Waals surface area contributed by atoms with Crippen LogP contribution in [0.4, 0.5) is 5.95 Å². The van der Waals surface area contributed by atoms with Crippen LogP contribution in [0.15, 0.2) is 53.8 Å². The van der Waals surface area contributed by atoms with Crippen molar-refractivity contribution in [3.8, 4) is 11.3 Å². The summed E-state index contributed by atoms with van der Waals surface area (Å²) in [6.45, 7) is 2.78. The van der Waals surface area contributed by atoms with Crippen LogP contribution in [0.5, 0.6) is 0 Å². The molecule has 3 aromatic rings. The van der Waals surface area contributed by atoms with Gasteiger partial charge >= 0.3 is 0 Å². The Morgan fingerprint density at radius 3 is 2.77 bits per heavy atom. The number of hydrogen-bond donors (Lipinski definition) is 1. The smallest absolute Gasteiger partial charge is 0.267 e. The fraction of sp³-hybridized carbons (Fsp3) is 0.278. The molecule has 8 nitrogen and oxygen atoms in total. The molecule has 3 aromatic heterocycles. The van der Waals surface area contributed by atoms with Crippen LogP contribution in [-0.4, -0.2) is 44.0 Å². The molecule has 1 aliphatic heterocycles. The first-order valence-electron chi connectivity index (χ1n) is 8.34. The first-order valence-corrected chi connectivity index (χ1v) is 8.34. The van der Waals surface area contributed by atoms with Gasteiger partial charge in [-0.2, -0.15) is 5.10 Å². The van der Waals surface area contributed by atoms with E-state index < -0.39 is 0 Å². The molecule has 0 saturated carbocycles. The highest BCUT2D eigenvalue weighted by atomic mass is 16.5. The Bertz CT molecular complexity index is 942. The van der Waals surface area contributed by atoms with Gasteiger partial charge < -0.3 is 10.1 Å².